The number of alkyl halides is 1. The van der Waals surface area contributed by atoms with Crippen molar-refractivity contribution in [1.82, 2.24) is 4.90 Å². The normalized spacial score (nSPS) is 13.2. The van der Waals surface area contributed by atoms with Crippen LogP contribution < -0.4 is 4.90 Å². The minimum atomic E-state index is -1.62. The van der Waals surface area contributed by atoms with Gasteiger partial charge in [-0.3, -0.25) is 4.79 Å². The van der Waals surface area contributed by atoms with Crippen molar-refractivity contribution in [2.24, 2.45) is 0 Å². The molecular formula is C28H31ClFN2O3PS. The zero-order chi connectivity index (χ0) is 27.8. The Morgan fingerprint density at radius 1 is 1.27 bits per heavy atom. The van der Waals surface area contributed by atoms with Crippen LogP contribution in [0.4, 0.5) is 10.1 Å². The van der Waals surface area contributed by atoms with Crippen LogP contribution in [-0.4, -0.2) is 42.2 Å². The molecular weight excluding hydrogens is 530 g/mol. The van der Waals surface area contributed by atoms with Crippen LogP contribution in [0.5, 0.6) is 0 Å². The molecule has 196 valence electrons. The summed E-state index contributed by atoms with van der Waals surface area (Å²) in [5.74, 6) is -1.03. The van der Waals surface area contributed by atoms with Gasteiger partial charge in [-0.25, -0.2) is 9.18 Å². The van der Waals surface area contributed by atoms with E-state index in [1.165, 1.54) is 13.0 Å². The molecule has 0 bridgehead atoms. The number of carbonyl (C=O) groups is 2. The fraction of sp³-hybridized carbons (Fsp3) is 0.214. The third-order valence-corrected chi connectivity index (χ3v) is 6.80. The molecule has 0 aliphatic rings. The highest BCUT2D eigenvalue weighted by Gasteiger charge is 2.24. The summed E-state index contributed by atoms with van der Waals surface area (Å²) < 4.78 is 14.8. The number of nitrogens with zero attached hydrogens (tertiary/aromatic N) is 2. The van der Waals surface area contributed by atoms with Crippen molar-refractivity contribution in [2.45, 2.75) is 18.9 Å². The van der Waals surface area contributed by atoms with E-state index in [-0.39, 0.29) is 0 Å². The minimum Gasteiger partial charge on any atom is -0.478 e. The topological polar surface area (TPSA) is 60.9 Å². The molecule has 0 heterocycles. The number of hydrogen-bond donors (Lipinski definition) is 1. The van der Waals surface area contributed by atoms with Gasteiger partial charge >= 0.3 is 5.97 Å². The van der Waals surface area contributed by atoms with Gasteiger partial charge in [0.2, 0.25) is 0 Å². The summed E-state index contributed by atoms with van der Waals surface area (Å²) >= 11 is 7.11. The SMILES string of the molecule is C=Cc1cc(/C=C(\SC=O)C(=C)N(C)C/C=C/C(=O)O)ccc1N(C)Cc1ccc(Cl)cc1C(C)(F)P. The van der Waals surface area contributed by atoms with Crippen LogP contribution in [0.2, 0.25) is 5.02 Å². The van der Waals surface area contributed by atoms with E-state index in [1.807, 2.05) is 42.3 Å². The van der Waals surface area contributed by atoms with E-state index in [2.05, 4.69) is 22.4 Å². The van der Waals surface area contributed by atoms with Gasteiger partial charge in [0.25, 0.3) is 0 Å². The second-order valence-electron chi connectivity index (χ2n) is 8.55. The van der Waals surface area contributed by atoms with Gasteiger partial charge in [-0.2, -0.15) is 0 Å². The third kappa shape index (κ3) is 8.89. The molecule has 0 aliphatic heterocycles. The average Bonchev–Trinajstić information content (AvgIpc) is 2.83. The summed E-state index contributed by atoms with van der Waals surface area (Å²) in [5, 5.41) is 7.64. The minimum absolute atomic E-state index is 0.324. The van der Waals surface area contributed by atoms with E-state index < -0.39 is 11.4 Å². The molecule has 0 aromatic heterocycles. The number of likely N-dealkylation sites (N-methyl/N-ethyl adjacent to an activating group) is 1. The van der Waals surface area contributed by atoms with Gasteiger partial charge in [-0.05, 0) is 59.5 Å². The van der Waals surface area contributed by atoms with Crippen molar-refractivity contribution in [3.63, 3.8) is 0 Å². The summed E-state index contributed by atoms with van der Waals surface area (Å²) in [6.07, 6.45) is 6.15. The Hall–Kier alpha value is -2.86. The van der Waals surface area contributed by atoms with Crippen molar-refractivity contribution < 1.29 is 19.1 Å². The van der Waals surface area contributed by atoms with Crippen LogP contribution in [0, 0.1) is 0 Å². The second-order valence-corrected chi connectivity index (χ2v) is 10.9. The Bertz CT molecular complexity index is 1240. The van der Waals surface area contributed by atoms with Gasteiger partial charge in [0.1, 0.15) is 5.41 Å². The molecule has 0 radical (unpaired) electrons. The average molecular weight is 561 g/mol. The summed E-state index contributed by atoms with van der Waals surface area (Å²) in [4.78, 5) is 26.4. The van der Waals surface area contributed by atoms with Crippen LogP contribution in [-0.2, 0) is 21.5 Å². The maximum Gasteiger partial charge on any atom is 0.328 e. The Morgan fingerprint density at radius 3 is 2.57 bits per heavy atom. The zero-order valence-electron chi connectivity index (χ0n) is 21.1. The lowest BCUT2D eigenvalue weighted by Gasteiger charge is -2.26. The molecule has 1 N–H and O–H groups in total. The predicted molar refractivity (Wildman–Crippen MR) is 159 cm³/mol. The first-order valence-electron chi connectivity index (χ1n) is 11.2. The molecule has 0 saturated carbocycles. The molecule has 0 spiro atoms. The molecule has 0 aliphatic carbocycles. The quantitative estimate of drug-likeness (QED) is 0.123. The lowest BCUT2D eigenvalue weighted by Crippen LogP contribution is -2.20. The summed E-state index contributed by atoms with van der Waals surface area (Å²) in [7, 11) is 5.91. The molecule has 9 heteroatoms. The van der Waals surface area contributed by atoms with Crippen LogP contribution in [0.25, 0.3) is 12.2 Å². The van der Waals surface area contributed by atoms with Crippen LogP contribution in [0.15, 0.2) is 72.3 Å². The maximum atomic E-state index is 14.8. The smallest absolute Gasteiger partial charge is 0.328 e. The standard InChI is InChI=1S/C28H31ClFN2O3PS/c1-6-21-14-20(15-26(37-18-33)19(2)31(4)13-7-8-27(34)35)9-12-25(21)32(5)17-22-10-11-23(29)16-24(22)28(3,30)36/h6-12,14-16,18H,1-2,13,17,36H2,3-5H3,(H,34,35)/b8-7+,26-15-. The number of aliphatic carboxylic acids is 1. The summed E-state index contributed by atoms with van der Waals surface area (Å²) in [5.41, 5.74) is 5.22. The molecule has 5 nitrogen and oxygen atoms in total. The molecule has 2 aromatic rings. The highest BCUT2D eigenvalue weighted by molar-refractivity contribution is 8.15. The Balaban J connectivity index is 2.34. The van der Waals surface area contributed by atoms with Gasteiger partial charge in [0.15, 0.2) is 5.62 Å². The lowest BCUT2D eigenvalue weighted by molar-refractivity contribution is -0.131. The second kappa shape index (κ2) is 13.6. The molecule has 0 amide bonds. The summed E-state index contributed by atoms with van der Waals surface area (Å²) in [6, 6.07) is 11.0. The predicted octanol–water partition coefficient (Wildman–Crippen LogP) is 6.99. The molecule has 2 rings (SSSR count). The number of thioether (sulfide) groups is 1. The van der Waals surface area contributed by atoms with Gasteiger partial charge in [0, 0.05) is 54.6 Å². The number of carbonyl (C=O) groups excluding carboxylic acids is 1. The van der Waals surface area contributed by atoms with Crippen molar-refractivity contribution in [1.29, 1.82) is 0 Å². The van der Waals surface area contributed by atoms with Gasteiger partial charge in [-0.15, -0.1) is 0 Å². The van der Waals surface area contributed by atoms with Gasteiger partial charge in [-0.1, -0.05) is 70.0 Å². The first-order chi connectivity index (χ1) is 17.4. The van der Waals surface area contributed by atoms with E-state index in [4.69, 9.17) is 16.7 Å². The fourth-order valence-corrected chi connectivity index (χ4v) is 4.70. The van der Waals surface area contributed by atoms with E-state index in [0.717, 1.165) is 45.8 Å². The number of carboxylic acid groups (broad SMARTS) is 1. The number of carboxylic acids is 1. The molecule has 2 atom stereocenters. The zero-order valence-corrected chi connectivity index (χ0v) is 23.8. The Kier molecular flexibility index (Phi) is 11.2. The van der Waals surface area contributed by atoms with E-state index in [9.17, 15) is 14.0 Å². The third-order valence-electron chi connectivity index (χ3n) is 5.55. The highest BCUT2D eigenvalue weighted by atomic mass is 35.5. The van der Waals surface area contributed by atoms with Gasteiger partial charge in [0.05, 0.1) is 0 Å². The maximum absolute atomic E-state index is 14.8. The number of hydrogen-bond acceptors (Lipinski definition) is 5. The molecule has 2 aromatic carbocycles. The largest absolute Gasteiger partial charge is 0.478 e. The monoisotopic (exact) mass is 560 g/mol. The molecule has 0 saturated heterocycles. The summed E-state index contributed by atoms with van der Waals surface area (Å²) in [6.45, 7) is 10.3. The van der Waals surface area contributed by atoms with Crippen LogP contribution in [0.1, 0.15) is 29.2 Å². The Labute approximate surface area is 229 Å². The van der Waals surface area contributed by atoms with E-state index in [0.29, 0.717) is 34.3 Å². The number of rotatable bonds is 13. The number of halogens is 2. The lowest BCUT2D eigenvalue weighted by atomic mass is 10.0. The van der Waals surface area contributed by atoms with Crippen LogP contribution in [0.3, 0.4) is 0 Å². The van der Waals surface area contributed by atoms with Crippen molar-refractivity contribution in [3.05, 3.63) is 99.6 Å². The Morgan fingerprint density at radius 2 is 1.97 bits per heavy atom. The highest BCUT2D eigenvalue weighted by Crippen LogP contribution is 2.37. The first kappa shape index (κ1) is 30.4. The number of anilines is 1. The van der Waals surface area contributed by atoms with Crippen molar-refractivity contribution in [3.8, 4) is 0 Å². The van der Waals surface area contributed by atoms with Gasteiger partial charge < -0.3 is 14.9 Å². The molecule has 37 heavy (non-hydrogen) atoms. The fourth-order valence-electron chi connectivity index (χ4n) is 3.65. The van der Waals surface area contributed by atoms with E-state index >= 15 is 0 Å². The van der Waals surface area contributed by atoms with Crippen molar-refractivity contribution in [2.75, 3.05) is 25.5 Å². The molecule has 2 unspecified atom stereocenters. The van der Waals surface area contributed by atoms with E-state index in [1.54, 1.807) is 30.2 Å². The van der Waals surface area contributed by atoms with Crippen molar-refractivity contribution >= 4 is 62.0 Å². The van der Waals surface area contributed by atoms with Crippen LogP contribution >= 0.6 is 32.6 Å². The number of benzene rings is 2. The first-order valence-corrected chi connectivity index (χ1v) is 13.1. The molecule has 0 fully saturated rings.